The molecule has 0 aliphatic heterocycles. The third-order valence-electron chi connectivity index (χ3n) is 3.65. The Labute approximate surface area is 146 Å². The van der Waals surface area contributed by atoms with Gasteiger partial charge < -0.3 is 9.63 Å². The molecule has 0 amide bonds. The Morgan fingerprint density at radius 1 is 1.32 bits per heavy atom. The Kier molecular flexibility index (Phi) is 5.20. The predicted molar refractivity (Wildman–Crippen MR) is 86.9 cm³/mol. The number of nitrogens with one attached hydrogen (secondary N) is 1. The van der Waals surface area contributed by atoms with Crippen LogP contribution < -0.4 is 5.56 Å². The van der Waals surface area contributed by atoms with Crippen molar-refractivity contribution in [2.45, 2.75) is 25.6 Å². The van der Waals surface area contributed by atoms with Crippen LogP contribution in [0.1, 0.15) is 34.6 Å². The summed E-state index contributed by atoms with van der Waals surface area (Å²) in [5.74, 6) is 0.346. The SMILES string of the molecule is O=c1[nH]ncc(CO)c1Cc1nc(C[C@@H](F)c2ccc(Cl)cc2)no1. The average Bonchev–Trinajstić information content (AvgIpc) is 3.04. The highest BCUT2D eigenvalue weighted by Gasteiger charge is 2.17. The molecule has 25 heavy (non-hydrogen) atoms. The Hall–Kier alpha value is -2.58. The van der Waals surface area contributed by atoms with Crippen LogP contribution in [0.2, 0.25) is 5.02 Å². The van der Waals surface area contributed by atoms with Crippen LogP contribution in [0, 0.1) is 0 Å². The van der Waals surface area contributed by atoms with E-state index < -0.39 is 11.7 Å². The molecule has 0 saturated carbocycles. The van der Waals surface area contributed by atoms with Crippen LogP contribution in [0.5, 0.6) is 0 Å². The van der Waals surface area contributed by atoms with Crippen LogP contribution in [0.25, 0.3) is 0 Å². The topological polar surface area (TPSA) is 105 Å². The lowest BCUT2D eigenvalue weighted by molar-refractivity contribution is 0.279. The number of benzene rings is 1. The lowest BCUT2D eigenvalue weighted by atomic mass is 10.1. The first-order chi connectivity index (χ1) is 12.1. The van der Waals surface area contributed by atoms with Crippen molar-refractivity contribution in [3.63, 3.8) is 0 Å². The largest absolute Gasteiger partial charge is 0.392 e. The Morgan fingerprint density at radius 3 is 2.80 bits per heavy atom. The maximum absolute atomic E-state index is 14.3. The quantitative estimate of drug-likeness (QED) is 0.694. The number of H-pyrrole nitrogens is 1. The van der Waals surface area contributed by atoms with E-state index in [2.05, 4.69) is 20.3 Å². The highest BCUT2D eigenvalue weighted by molar-refractivity contribution is 6.30. The summed E-state index contributed by atoms with van der Waals surface area (Å²) in [5.41, 5.74) is 0.662. The molecule has 1 atom stereocenters. The Balaban J connectivity index is 1.73. The molecule has 0 spiro atoms. The van der Waals surface area contributed by atoms with Gasteiger partial charge >= 0.3 is 0 Å². The number of halogens is 2. The van der Waals surface area contributed by atoms with Crippen molar-refractivity contribution in [3.8, 4) is 0 Å². The molecule has 0 unspecified atom stereocenters. The summed E-state index contributed by atoms with van der Waals surface area (Å²) in [6.45, 7) is -0.337. The van der Waals surface area contributed by atoms with Gasteiger partial charge in [0.05, 0.1) is 19.2 Å². The molecule has 3 aromatic rings. The molecule has 1 aromatic carbocycles. The summed E-state index contributed by atoms with van der Waals surface area (Å²) in [7, 11) is 0. The number of nitrogens with zero attached hydrogens (tertiary/aromatic N) is 3. The van der Waals surface area contributed by atoms with E-state index in [1.807, 2.05) is 0 Å². The van der Waals surface area contributed by atoms with E-state index in [1.165, 1.54) is 6.20 Å². The average molecular weight is 365 g/mol. The molecule has 0 saturated heterocycles. The highest BCUT2D eigenvalue weighted by Crippen LogP contribution is 2.23. The molecule has 0 fully saturated rings. The van der Waals surface area contributed by atoms with Crippen LogP contribution in [0.4, 0.5) is 4.39 Å². The first kappa shape index (κ1) is 17.2. The van der Waals surface area contributed by atoms with E-state index in [4.69, 9.17) is 16.1 Å². The van der Waals surface area contributed by atoms with Crippen molar-refractivity contribution in [1.29, 1.82) is 0 Å². The number of hydrogen-bond acceptors (Lipinski definition) is 6. The van der Waals surface area contributed by atoms with Gasteiger partial charge in [-0.2, -0.15) is 10.1 Å². The number of aromatic nitrogens is 4. The molecular formula is C16H14ClFN4O3. The van der Waals surface area contributed by atoms with Crippen LogP contribution in [0.3, 0.4) is 0 Å². The van der Waals surface area contributed by atoms with Gasteiger partial charge in [0.15, 0.2) is 5.82 Å². The Morgan fingerprint density at radius 2 is 2.08 bits per heavy atom. The van der Waals surface area contributed by atoms with Gasteiger partial charge in [0, 0.05) is 22.6 Å². The van der Waals surface area contributed by atoms with Gasteiger partial charge in [0.1, 0.15) is 6.17 Å². The first-order valence-corrected chi connectivity index (χ1v) is 7.82. The predicted octanol–water partition coefficient (Wildman–Crippen LogP) is 2.14. The summed E-state index contributed by atoms with van der Waals surface area (Å²) in [6.07, 6.45) is 0.00945. The van der Waals surface area contributed by atoms with Gasteiger partial charge in [-0.25, -0.2) is 9.49 Å². The van der Waals surface area contributed by atoms with Crippen molar-refractivity contribution < 1.29 is 14.0 Å². The number of hydrogen-bond donors (Lipinski definition) is 2. The molecule has 3 rings (SSSR count). The van der Waals surface area contributed by atoms with Gasteiger partial charge in [-0.15, -0.1) is 0 Å². The number of aliphatic hydroxyl groups excluding tert-OH is 1. The van der Waals surface area contributed by atoms with Crippen LogP contribution in [-0.2, 0) is 19.4 Å². The number of aromatic amines is 1. The van der Waals surface area contributed by atoms with Crippen LogP contribution >= 0.6 is 11.6 Å². The lowest BCUT2D eigenvalue weighted by Gasteiger charge is -2.05. The van der Waals surface area contributed by atoms with Crippen molar-refractivity contribution >= 4 is 11.6 Å². The van der Waals surface area contributed by atoms with Crippen LogP contribution in [0.15, 0.2) is 39.8 Å². The first-order valence-electron chi connectivity index (χ1n) is 7.44. The molecular weight excluding hydrogens is 351 g/mol. The zero-order chi connectivity index (χ0) is 17.8. The van der Waals surface area contributed by atoms with E-state index in [0.717, 1.165) is 0 Å². The fourth-order valence-electron chi connectivity index (χ4n) is 2.34. The number of aliphatic hydroxyl groups is 1. The highest BCUT2D eigenvalue weighted by atomic mass is 35.5. The fourth-order valence-corrected chi connectivity index (χ4v) is 2.46. The summed E-state index contributed by atoms with van der Waals surface area (Å²) < 4.78 is 19.4. The second kappa shape index (κ2) is 7.54. The lowest BCUT2D eigenvalue weighted by Crippen LogP contribution is -2.17. The minimum atomic E-state index is -1.31. The fraction of sp³-hybridized carbons (Fsp3) is 0.250. The second-order valence-electron chi connectivity index (χ2n) is 5.37. The Bertz CT molecular complexity index is 910. The number of rotatable bonds is 6. The summed E-state index contributed by atoms with van der Waals surface area (Å²) in [4.78, 5) is 15.9. The molecule has 0 aliphatic carbocycles. The molecule has 7 nitrogen and oxygen atoms in total. The monoisotopic (exact) mass is 364 g/mol. The summed E-state index contributed by atoms with van der Waals surface area (Å²) >= 11 is 5.78. The van der Waals surface area contributed by atoms with Gasteiger partial charge in [-0.05, 0) is 17.7 Å². The van der Waals surface area contributed by atoms with Gasteiger partial charge in [-0.3, -0.25) is 4.79 Å². The molecule has 130 valence electrons. The van der Waals surface area contributed by atoms with Gasteiger partial charge in [0.25, 0.3) is 5.56 Å². The maximum atomic E-state index is 14.3. The molecule has 2 aromatic heterocycles. The maximum Gasteiger partial charge on any atom is 0.268 e. The molecule has 2 N–H and O–H groups in total. The minimum absolute atomic E-state index is 0.0264. The zero-order valence-electron chi connectivity index (χ0n) is 12.9. The van der Waals surface area contributed by atoms with Crippen molar-refractivity contribution in [1.82, 2.24) is 20.3 Å². The summed E-state index contributed by atoms with van der Waals surface area (Å²) in [5, 5.41) is 19.4. The molecule has 0 aliphatic rings. The van der Waals surface area contributed by atoms with Crippen molar-refractivity contribution in [2.75, 3.05) is 0 Å². The van der Waals surface area contributed by atoms with Gasteiger partial charge in [0.2, 0.25) is 5.89 Å². The third kappa shape index (κ3) is 4.09. The number of alkyl halides is 1. The molecule has 9 heteroatoms. The van der Waals surface area contributed by atoms with Crippen molar-refractivity contribution in [3.05, 3.63) is 74.2 Å². The smallest absolute Gasteiger partial charge is 0.268 e. The molecule has 0 bridgehead atoms. The molecule has 2 heterocycles. The van der Waals surface area contributed by atoms with Crippen LogP contribution in [-0.4, -0.2) is 25.4 Å². The second-order valence-corrected chi connectivity index (χ2v) is 5.80. The normalized spacial score (nSPS) is 12.3. The van der Waals surface area contributed by atoms with E-state index in [0.29, 0.717) is 16.1 Å². The molecule has 0 radical (unpaired) electrons. The summed E-state index contributed by atoms with van der Waals surface area (Å²) in [6, 6.07) is 6.41. The standard InChI is InChI=1S/C16H14ClFN4O3/c17-11-3-1-9(2-4-11)13(18)6-14-20-15(25-22-14)5-12-10(8-23)7-19-21-16(12)24/h1-4,7,13,23H,5-6,8H2,(H,21,24)/t13-/m1/s1. The third-order valence-corrected chi connectivity index (χ3v) is 3.90. The van der Waals surface area contributed by atoms with Gasteiger partial charge in [-0.1, -0.05) is 28.9 Å². The van der Waals surface area contributed by atoms with E-state index >= 15 is 0 Å². The van der Waals surface area contributed by atoms with E-state index in [9.17, 15) is 14.3 Å². The van der Waals surface area contributed by atoms with Crippen molar-refractivity contribution in [2.24, 2.45) is 0 Å². The van der Waals surface area contributed by atoms with E-state index in [1.54, 1.807) is 24.3 Å². The zero-order valence-corrected chi connectivity index (χ0v) is 13.7. The minimum Gasteiger partial charge on any atom is -0.392 e. The van der Waals surface area contributed by atoms with E-state index in [-0.39, 0.29) is 36.7 Å².